The van der Waals surface area contributed by atoms with Gasteiger partial charge in [0.2, 0.25) is 21.8 Å². The normalized spacial score (nSPS) is 17.5. The summed E-state index contributed by atoms with van der Waals surface area (Å²) in [6.07, 6.45) is 2.70. The van der Waals surface area contributed by atoms with Gasteiger partial charge in [0.1, 0.15) is 5.76 Å². The third-order valence-electron chi connectivity index (χ3n) is 4.98. The molecule has 1 unspecified atom stereocenters. The van der Waals surface area contributed by atoms with Crippen molar-refractivity contribution in [2.75, 3.05) is 26.7 Å². The highest BCUT2D eigenvalue weighted by molar-refractivity contribution is 9.10. The van der Waals surface area contributed by atoms with Crippen LogP contribution < -0.4 is 5.32 Å². The summed E-state index contributed by atoms with van der Waals surface area (Å²) in [5.41, 5.74) is 0. The van der Waals surface area contributed by atoms with Gasteiger partial charge in [0.15, 0.2) is 0 Å². The van der Waals surface area contributed by atoms with Crippen LogP contribution in [0.15, 0.2) is 56.4 Å². The van der Waals surface area contributed by atoms with E-state index in [0.717, 1.165) is 4.47 Å². The van der Waals surface area contributed by atoms with Crippen molar-refractivity contribution < 1.29 is 22.4 Å². The van der Waals surface area contributed by atoms with E-state index in [1.165, 1.54) is 15.5 Å². The zero-order valence-corrected chi connectivity index (χ0v) is 19.0. The smallest absolute Gasteiger partial charge is 0.243 e. The van der Waals surface area contributed by atoms with Crippen LogP contribution in [0.5, 0.6) is 0 Å². The van der Waals surface area contributed by atoms with Crippen molar-refractivity contribution in [3.63, 3.8) is 0 Å². The number of nitrogens with zero attached hydrogens (tertiary/aromatic N) is 2. The Hall–Kier alpha value is -2.17. The molecule has 1 atom stereocenters. The van der Waals surface area contributed by atoms with Crippen LogP contribution >= 0.6 is 15.9 Å². The summed E-state index contributed by atoms with van der Waals surface area (Å²) in [6.45, 7) is 0.622. The number of amides is 2. The third-order valence-corrected chi connectivity index (χ3v) is 7.39. The van der Waals surface area contributed by atoms with Crippen molar-refractivity contribution in [2.45, 2.75) is 24.3 Å². The van der Waals surface area contributed by atoms with Crippen molar-refractivity contribution in [3.8, 4) is 0 Å². The molecule has 0 saturated carbocycles. The number of rotatable bonds is 7. The molecule has 0 radical (unpaired) electrons. The Bertz CT molecular complexity index is 976. The summed E-state index contributed by atoms with van der Waals surface area (Å²) >= 11 is 3.30. The molecule has 1 aromatic heterocycles. The molecular formula is C20H24BrN3O5S. The first kappa shape index (κ1) is 22.5. The summed E-state index contributed by atoms with van der Waals surface area (Å²) in [5.74, 6) is -0.401. The Morgan fingerprint density at radius 3 is 2.67 bits per heavy atom. The maximum atomic E-state index is 12.9. The van der Waals surface area contributed by atoms with Crippen LogP contribution in [0, 0.1) is 5.92 Å². The van der Waals surface area contributed by atoms with Gasteiger partial charge in [-0.15, -0.1) is 0 Å². The first-order valence-corrected chi connectivity index (χ1v) is 11.8. The molecule has 2 amide bonds. The predicted octanol–water partition coefficient (Wildman–Crippen LogP) is 2.22. The minimum atomic E-state index is -3.68. The maximum absolute atomic E-state index is 12.9. The third kappa shape index (κ3) is 5.50. The number of hydrogen-bond acceptors (Lipinski definition) is 5. The van der Waals surface area contributed by atoms with Crippen molar-refractivity contribution >= 4 is 37.8 Å². The lowest BCUT2D eigenvalue weighted by molar-refractivity contribution is -0.139. The van der Waals surface area contributed by atoms with Crippen LogP contribution in [0.1, 0.15) is 18.6 Å². The van der Waals surface area contributed by atoms with Gasteiger partial charge in [0.25, 0.3) is 0 Å². The van der Waals surface area contributed by atoms with E-state index >= 15 is 0 Å². The first-order valence-electron chi connectivity index (χ1n) is 9.57. The van der Waals surface area contributed by atoms with E-state index in [0.29, 0.717) is 25.1 Å². The van der Waals surface area contributed by atoms with Crippen LogP contribution in [0.25, 0.3) is 0 Å². The predicted molar refractivity (Wildman–Crippen MR) is 114 cm³/mol. The lowest BCUT2D eigenvalue weighted by Gasteiger charge is -2.33. The molecule has 2 aromatic rings. The quantitative estimate of drug-likeness (QED) is 0.631. The zero-order valence-electron chi connectivity index (χ0n) is 16.6. The molecular weight excluding hydrogens is 474 g/mol. The molecule has 3 rings (SSSR count). The zero-order chi connectivity index (χ0) is 21.7. The highest BCUT2D eigenvalue weighted by Gasteiger charge is 2.34. The van der Waals surface area contributed by atoms with Gasteiger partial charge in [-0.1, -0.05) is 15.9 Å². The number of piperidine rings is 1. The lowest BCUT2D eigenvalue weighted by atomic mass is 9.98. The van der Waals surface area contributed by atoms with E-state index in [4.69, 9.17) is 4.42 Å². The molecule has 0 spiro atoms. The Morgan fingerprint density at radius 1 is 1.27 bits per heavy atom. The topological polar surface area (TPSA) is 99.9 Å². The highest BCUT2D eigenvalue weighted by atomic mass is 79.9. The molecule has 1 aliphatic rings. The second-order valence-corrected chi connectivity index (χ2v) is 10.1. The Balaban J connectivity index is 1.57. The summed E-state index contributed by atoms with van der Waals surface area (Å²) in [6, 6.07) is 9.91. The van der Waals surface area contributed by atoms with Crippen molar-refractivity contribution in [1.82, 2.24) is 14.5 Å². The van der Waals surface area contributed by atoms with Gasteiger partial charge >= 0.3 is 0 Å². The molecule has 8 nitrogen and oxygen atoms in total. The summed E-state index contributed by atoms with van der Waals surface area (Å²) in [5, 5.41) is 2.70. The fourth-order valence-corrected chi connectivity index (χ4v) is 5.17. The minimum absolute atomic E-state index is 0.102. The Kier molecular flexibility index (Phi) is 7.32. The number of likely N-dealkylation sites (N-methyl/N-ethyl adjacent to an activating group) is 1. The molecule has 1 N–H and O–H groups in total. The van der Waals surface area contributed by atoms with Crippen LogP contribution in [0.2, 0.25) is 0 Å². The molecule has 0 bridgehead atoms. The monoisotopic (exact) mass is 497 g/mol. The highest BCUT2D eigenvalue weighted by Crippen LogP contribution is 2.25. The number of halogens is 1. The molecule has 162 valence electrons. The van der Waals surface area contributed by atoms with Crippen molar-refractivity contribution in [1.29, 1.82) is 0 Å². The number of benzene rings is 1. The number of carbonyl (C=O) groups excluding carboxylic acids is 2. The van der Waals surface area contributed by atoms with Gasteiger partial charge in [0.05, 0.1) is 30.2 Å². The second-order valence-electron chi connectivity index (χ2n) is 7.21. The van der Waals surface area contributed by atoms with Gasteiger partial charge in [-0.3, -0.25) is 9.59 Å². The fourth-order valence-electron chi connectivity index (χ4n) is 3.38. The first-order chi connectivity index (χ1) is 14.3. The van der Waals surface area contributed by atoms with E-state index in [2.05, 4.69) is 21.2 Å². The average molecular weight is 498 g/mol. The van der Waals surface area contributed by atoms with Gasteiger partial charge in [-0.2, -0.15) is 4.31 Å². The molecule has 1 aromatic carbocycles. The summed E-state index contributed by atoms with van der Waals surface area (Å²) in [7, 11) is -2.12. The van der Waals surface area contributed by atoms with Crippen molar-refractivity contribution in [3.05, 3.63) is 52.9 Å². The molecule has 10 heteroatoms. The van der Waals surface area contributed by atoms with E-state index in [1.54, 1.807) is 43.4 Å². The molecule has 1 aliphatic heterocycles. The molecule has 1 saturated heterocycles. The fraction of sp³-hybridized carbons (Fsp3) is 0.400. The number of nitrogens with one attached hydrogen (secondary N) is 1. The van der Waals surface area contributed by atoms with Crippen LogP contribution in [0.4, 0.5) is 0 Å². The number of hydrogen-bond donors (Lipinski definition) is 1. The molecule has 1 fully saturated rings. The van der Waals surface area contributed by atoms with Crippen LogP contribution in [-0.4, -0.2) is 56.1 Å². The van der Waals surface area contributed by atoms with Gasteiger partial charge in [-0.05, 0) is 49.2 Å². The van der Waals surface area contributed by atoms with E-state index in [9.17, 15) is 18.0 Å². The lowest BCUT2D eigenvalue weighted by Crippen LogP contribution is -2.47. The van der Waals surface area contributed by atoms with Crippen LogP contribution in [0.3, 0.4) is 0 Å². The standard InChI is InChI=1S/C20H24BrN3O5S/c1-23(14-19(25)22-12-17-5-3-11-29-17)20(26)15-4-2-10-24(13-15)30(27,28)18-8-6-16(21)7-9-18/h3,5-9,11,15H,2,4,10,12-14H2,1H3,(H,22,25). The molecule has 2 heterocycles. The largest absolute Gasteiger partial charge is 0.467 e. The van der Waals surface area contributed by atoms with E-state index in [1.807, 2.05) is 0 Å². The van der Waals surface area contributed by atoms with Gasteiger partial charge in [-0.25, -0.2) is 8.42 Å². The van der Waals surface area contributed by atoms with E-state index in [-0.39, 0.29) is 36.3 Å². The number of furan rings is 1. The van der Waals surface area contributed by atoms with Gasteiger partial charge < -0.3 is 14.6 Å². The second kappa shape index (κ2) is 9.76. The summed E-state index contributed by atoms with van der Waals surface area (Å²) in [4.78, 5) is 26.5. The number of carbonyl (C=O) groups is 2. The molecule has 0 aliphatic carbocycles. The van der Waals surface area contributed by atoms with Crippen molar-refractivity contribution in [2.24, 2.45) is 5.92 Å². The maximum Gasteiger partial charge on any atom is 0.243 e. The summed E-state index contributed by atoms with van der Waals surface area (Å²) < 4.78 is 33.2. The van der Waals surface area contributed by atoms with Gasteiger partial charge in [0, 0.05) is 24.6 Å². The van der Waals surface area contributed by atoms with Crippen LogP contribution in [-0.2, 0) is 26.2 Å². The average Bonchev–Trinajstić information content (AvgIpc) is 3.26. The number of sulfonamides is 1. The van der Waals surface area contributed by atoms with E-state index < -0.39 is 15.9 Å². The Morgan fingerprint density at radius 2 is 2.00 bits per heavy atom. The minimum Gasteiger partial charge on any atom is -0.467 e. The molecule has 30 heavy (non-hydrogen) atoms. The SMILES string of the molecule is CN(CC(=O)NCc1ccco1)C(=O)C1CCCN(S(=O)(=O)c2ccc(Br)cc2)C1. The Labute approximate surface area is 184 Å².